The number of allylic oxidation sites excluding steroid dienone is 6. The molecule has 0 unspecified atom stereocenters. The van der Waals surface area contributed by atoms with Gasteiger partial charge in [0.05, 0.1) is 25.4 Å². The van der Waals surface area contributed by atoms with Crippen LogP contribution in [0.15, 0.2) is 88.7 Å². The molecule has 0 bridgehead atoms. The van der Waals surface area contributed by atoms with E-state index >= 15 is 4.39 Å². The summed E-state index contributed by atoms with van der Waals surface area (Å²) >= 11 is 0. The number of aliphatic imine (C=N–C) groups is 1. The van der Waals surface area contributed by atoms with E-state index in [1.54, 1.807) is 43.3 Å². The summed E-state index contributed by atoms with van der Waals surface area (Å²) in [6.07, 6.45) is -3.13. The predicted octanol–water partition coefficient (Wildman–Crippen LogP) is 6.51. The summed E-state index contributed by atoms with van der Waals surface area (Å²) in [4.78, 5) is 8.21. The highest BCUT2D eigenvalue weighted by atomic mass is 19.4. The summed E-state index contributed by atoms with van der Waals surface area (Å²) in [5, 5.41) is 1.21. The van der Waals surface area contributed by atoms with Gasteiger partial charge in [-0.2, -0.15) is 13.2 Å². The number of hydrogen-bond acceptors (Lipinski definition) is 5. The number of ether oxygens (including phenoxy) is 2. The van der Waals surface area contributed by atoms with Crippen LogP contribution in [0.5, 0.6) is 0 Å². The van der Waals surface area contributed by atoms with Gasteiger partial charge >= 0.3 is 6.18 Å². The van der Waals surface area contributed by atoms with Crippen LogP contribution >= 0.6 is 0 Å². The second-order valence-corrected chi connectivity index (χ2v) is 9.73. The van der Waals surface area contributed by atoms with E-state index in [-0.39, 0.29) is 22.7 Å². The van der Waals surface area contributed by atoms with Crippen LogP contribution in [0.25, 0.3) is 16.3 Å². The number of halogens is 4. The van der Waals surface area contributed by atoms with Crippen LogP contribution in [-0.4, -0.2) is 75.2 Å². The molecule has 0 N–H and O–H groups in total. The van der Waals surface area contributed by atoms with Crippen LogP contribution < -0.4 is 0 Å². The number of morpholine rings is 1. The Morgan fingerprint density at radius 1 is 1.10 bits per heavy atom. The van der Waals surface area contributed by atoms with Gasteiger partial charge in [-0.05, 0) is 56.4 Å². The van der Waals surface area contributed by atoms with Crippen molar-refractivity contribution in [1.82, 2.24) is 9.80 Å². The molecule has 1 fully saturated rings. The molecule has 1 aliphatic carbocycles. The first-order valence-corrected chi connectivity index (χ1v) is 12.8. The minimum atomic E-state index is -4.81. The number of alkyl halides is 3. The van der Waals surface area contributed by atoms with Gasteiger partial charge in [-0.15, -0.1) is 0 Å². The Bertz CT molecular complexity index is 1340. The summed E-state index contributed by atoms with van der Waals surface area (Å²) in [5.41, 5.74) is -1.17. The first kappa shape index (κ1) is 28.6. The number of nitrogens with zero attached hydrogens (tertiary/aromatic N) is 3. The van der Waals surface area contributed by atoms with Crippen LogP contribution in [0.2, 0.25) is 0 Å². The second-order valence-electron chi connectivity index (χ2n) is 9.73. The maximum Gasteiger partial charge on any atom is 0.417 e. The molecule has 1 heterocycles. The molecule has 2 aromatic rings. The van der Waals surface area contributed by atoms with E-state index < -0.39 is 23.1 Å². The van der Waals surface area contributed by atoms with Crippen molar-refractivity contribution in [3.8, 4) is 0 Å². The molecule has 0 radical (unpaired) electrons. The van der Waals surface area contributed by atoms with Gasteiger partial charge in [-0.1, -0.05) is 42.5 Å². The van der Waals surface area contributed by atoms with Crippen LogP contribution in [0, 0.1) is 0 Å². The van der Waals surface area contributed by atoms with Gasteiger partial charge in [0.25, 0.3) is 0 Å². The van der Waals surface area contributed by atoms with E-state index in [1.807, 2.05) is 23.9 Å². The Labute approximate surface area is 226 Å². The lowest BCUT2D eigenvalue weighted by Crippen LogP contribution is -2.36. The van der Waals surface area contributed by atoms with Crippen molar-refractivity contribution in [2.75, 3.05) is 53.6 Å². The minimum absolute atomic E-state index is 0.0451. The van der Waals surface area contributed by atoms with Crippen molar-refractivity contribution in [2.24, 2.45) is 4.99 Å². The maximum absolute atomic E-state index is 16.6. The van der Waals surface area contributed by atoms with E-state index in [0.29, 0.717) is 55.8 Å². The van der Waals surface area contributed by atoms with Crippen molar-refractivity contribution in [3.05, 3.63) is 89.2 Å². The molecule has 5 nitrogen and oxygen atoms in total. The third kappa shape index (κ3) is 6.59. The standard InChI is InChI=1S/C30H33F4N3O2/c1-20(37-14-17-38-18-15-37)25-19-26(30(32,33)34)27(24-12-7-10-22-9-5-6-11-23(22)24)28(31)29(25)35-21(2)39-16-8-13-36(3)4/h5-7,9-12,19H,2,8,13-18H2,1,3-4H3/b25-20+,35-29+. The van der Waals surface area contributed by atoms with Gasteiger partial charge in [0.15, 0.2) is 5.83 Å². The topological polar surface area (TPSA) is 37.3 Å². The summed E-state index contributed by atoms with van der Waals surface area (Å²) in [6, 6.07) is 11.9. The molecule has 4 rings (SSSR count). The zero-order valence-corrected chi connectivity index (χ0v) is 22.4. The second kappa shape index (κ2) is 12.2. The first-order valence-electron chi connectivity index (χ1n) is 12.8. The van der Waals surface area contributed by atoms with E-state index in [9.17, 15) is 13.2 Å². The third-order valence-corrected chi connectivity index (χ3v) is 6.73. The number of hydrogen-bond donors (Lipinski definition) is 0. The minimum Gasteiger partial charge on any atom is -0.478 e. The van der Waals surface area contributed by atoms with Crippen molar-refractivity contribution >= 4 is 22.1 Å². The fraction of sp³-hybridized carbons (Fsp3) is 0.367. The van der Waals surface area contributed by atoms with Crippen molar-refractivity contribution < 1.29 is 27.0 Å². The SMILES string of the molecule is C=C(/N=C1/C(F)=C(c2cccc3ccccc23)C(C(F)(F)F)=C/C1=C(/C)N1CCOCC1)OCCCN(C)C. The number of rotatable bonds is 8. The molecule has 39 heavy (non-hydrogen) atoms. The van der Waals surface area contributed by atoms with Crippen LogP contribution in [-0.2, 0) is 9.47 Å². The van der Waals surface area contributed by atoms with Crippen molar-refractivity contribution in [1.29, 1.82) is 0 Å². The van der Waals surface area contributed by atoms with Crippen LogP contribution in [0.1, 0.15) is 18.9 Å². The van der Waals surface area contributed by atoms with Crippen molar-refractivity contribution in [2.45, 2.75) is 19.5 Å². The summed E-state index contributed by atoms with van der Waals surface area (Å²) in [5.74, 6) is -1.13. The quantitative estimate of drug-likeness (QED) is 0.216. The number of benzene rings is 2. The van der Waals surface area contributed by atoms with E-state index in [2.05, 4.69) is 11.6 Å². The molecule has 208 valence electrons. The molecular formula is C30H33F4N3O2. The summed E-state index contributed by atoms with van der Waals surface area (Å²) < 4.78 is 71.3. The van der Waals surface area contributed by atoms with Gasteiger partial charge in [-0.3, -0.25) is 0 Å². The zero-order valence-electron chi connectivity index (χ0n) is 22.4. The summed E-state index contributed by atoms with van der Waals surface area (Å²) in [6.45, 7) is 8.34. The fourth-order valence-electron chi connectivity index (χ4n) is 4.75. The van der Waals surface area contributed by atoms with Crippen molar-refractivity contribution in [3.63, 3.8) is 0 Å². The highest BCUT2D eigenvalue weighted by Crippen LogP contribution is 2.45. The van der Waals surface area contributed by atoms with Crippen LogP contribution in [0.4, 0.5) is 17.6 Å². The number of fused-ring (bicyclic) bond motifs is 1. The molecule has 2 aliphatic rings. The van der Waals surface area contributed by atoms with Gasteiger partial charge in [-0.25, -0.2) is 9.38 Å². The molecule has 0 saturated carbocycles. The highest BCUT2D eigenvalue weighted by Gasteiger charge is 2.42. The Morgan fingerprint density at radius 3 is 2.49 bits per heavy atom. The monoisotopic (exact) mass is 543 g/mol. The molecule has 2 aromatic carbocycles. The van der Waals surface area contributed by atoms with Gasteiger partial charge in [0.1, 0.15) is 5.71 Å². The Hall–Kier alpha value is -3.43. The highest BCUT2D eigenvalue weighted by molar-refractivity contribution is 6.22. The lowest BCUT2D eigenvalue weighted by atomic mass is 9.84. The average Bonchev–Trinajstić information content (AvgIpc) is 2.91. The molecule has 0 spiro atoms. The van der Waals surface area contributed by atoms with Gasteiger partial charge in [0.2, 0.25) is 5.88 Å². The van der Waals surface area contributed by atoms with E-state index in [4.69, 9.17) is 9.47 Å². The Morgan fingerprint density at radius 2 is 1.79 bits per heavy atom. The normalized spacial score (nSPS) is 19.1. The lowest BCUT2D eigenvalue weighted by molar-refractivity contribution is -0.0872. The van der Waals surface area contributed by atoms with E-state index in [0.717, 1.165) is 12.6 Å². The summed E-state index contributed by atoms with van der Waals surface area (Å²) in [7, 11) is 3.87. The fourth-order valence-corrected chi connectivity index (χ4v) is 4.75. The molecule has 0 atom stereocenters. The third-order valence-electron chi connectivity index (χ3n) is 6.73. The molecular weight excluding hydrogens is 510 g/mol. The predicted molar refractivity (Wildman–Crippen MR) is 147 cm³/mol. The van der Waals surface area contributed by atoms with Crippen LogP contribution in [0.3, 0.4) is 0 Å². The molecule has 9 heteroatoms. The molecule has 0 aromatic heterocycles. The van der Waals surface area contributed by atoms with Gasteiger partial charge < -0.3 is 19.3 Å². The largest absolute Gasteiger partial charge is 0.478 e. The Kier molecular flexibility index (Phi) is 8.92. The first-order chi connectivity index (χ1) is 18.6. The maximum atomic E-state index is 16.6. The molecule has 1 aliphatic heterocycles. The van der Waals surface area contributed by atoms with Gasteiger partial charge in [0, 0.05) is 36.5 Å². The zero-order chi connectivity index (χ0) is 28.2. The molecule has 0 amide bonds. The Balaban J connectivity index is 1.89. The lowest BCUT2D eigenvalue weighted by Gasteiger charge is -2.32. The smallest absolute Gasteiger partial charge is 0.417 e. The molecule has 1 saturated heterocycles. The average molecular weight is 544 g/mol. The van der Waals surface area contributed by atoms with E-state index in [1.165, 1.54) is 6.07 Å².